The van der Waals surface area contributed by atoms with Crippen molar-refractivity contribution in [3.05, 3.63) is 29.7 Å². The average Bonchev–Trinajstić information content (AvgIpc) is 3.12. The molecule has 0 aromatic carbocycles. The van der Waals surface area contributed by atoms with Crippen molar-refractivity contribution in [1.29, 1.82) is 0 Å². The number of hydrogen-bond acceptors (Lipinski definition) is 5. The maximum atomic E-state index is 12.2. The molecular weight excluding hydrogens is 296 g/mol. The van der Waals surface area contributed by atoms with Gasteiger partial charge in [-0.3, -0.25) is 14.5 Å². The van der Waals surface area contributed by atoms with Gasteiger partial charge in [-0.2, -0.15) is 5.10 Å². The number of carbonyl (C=O) groups excluding carboxylic acids is 2. The second kappa shape index (κ2) is 5.96. The molecule has 1 saturated heterocycles. The van der Waals surface area contributed by atoms with Gasteiger partial charge in [0, 0.05) is 20.3 Å². The van der Waals surface area contributed by atoms with E-state index in [-0.39, 0.29) is 24.4 Å². The molecule has 1 fully saturated rings. The maximum Gasteiger partial charge on any atom is 0.258 e. The van der Waals surface area contributed by atoms with E-state index >= 15 is 0 Å². The summed E-state index contributed by atoms with van der Waals surface area (Å²) in [7, 11) is 3.39. The average molecular weight is 316 g/mol. The molecule has 8 heteroatoms. The molecule has 1 atom stereocenters. The molecular formula is C15H20N6O2. The van der Waals surface area contributed by atoms with E-state index in [0.29, 0.717) is 11.2 Å². The molecule has 1 aliphatic heterocycles. The smallest absolute Gasteiger partial charge is 0.258 e. The Morgan fingerprint density at radius 2 is 2.22 bits per heavy atom. The zero-order valence-corrected chi connectivity index (χ0v) is 13.3. The Kier molecular flexibility index (Phi) is 3.99. The van der Waals surface area contributed by atoms with Gasteiger partial charge in [0.1, 0.15) is 5.56 Å². The van der Waals surface area contributed by atoms with E-state index in [2.05, 4.69) is 10.1 Å². The molecule has 2 aromatic rings. The molecule has 2 amide bonds. The molecule has 2 aromatic heterocycles. The topological polar surface area (TPSA) is 96.8 Å². The van der Waals surface area contributed by atoms with E-state index in [0.717, 1.165) is 25.1 Å². The van der Waals surface area contributed by atoms with Gasteiger partial charge in [0.25, 0.3) is 5.91 Å². The summed E-state index contributed by atoms with van der Waals surface area (Å²) in [5.41, 5.74) is 7.26. The Morgan fingerprint density at radius 3 is 2.91 bits per heavy atom. The molecule has 1 aliphatic rings. The zero-order chi connectivity index (χ0) is 16.6. The lowest BCUT2D eigenvalue weighted by atomic mass is 10.1. The first-order valence-corrected chi connectivity index (χ1v) is 7.55. The summed E-state index contributed by atoms with van der Waals surface area (Å²) in [4.78, 5) is 31.3. The van der Waals surface area contributed by atoms with Crippen molar-refractivity contribution >= 4 is 17.5 Å². The standard InChI is InChI=1S/C15H20N6O2/c1-19(2)15(23)10-8-18-21-12(5-6-17-14(10)21)11-4-3-7-20(11)9-13(16)22/h5-6,8,11H,3-4,7,9H2,1-2H3,(H2,16,22)/t11-/m1/s1. The number of nitrogens with two attached hydrogens (primary N) is 1. The van der Waals surface area contributed by atoms with Crippen molar-refractivity contribution in [2.45, 2.75) is 18.9 Å². The Labute approximate surface area is 133 Å². The normalized spacial score (nSPS) is 18.4. The fraction of sp³-hybridized carbons (Fsp3) is 0.467. The number of carbonyl (C=O) groups is 2. The number of likely N-dealkylation sites (tertiary alicyclic amines) is 1. The van der Waals surface area contributed by atoms with E-state index in [1.54, 1.807) is 31.0 Å². The third kappa shape index (κ3) is 2.77. The molecule has 2 N–H and O–H groups in total. The fourth-order valence-electron chi connectivity index (χ4n) is 3.10. The first-order valence-electron chi connectivity index (χ1n) is 7.55. The summed E-state index contributed by atoms with van der Waals surface area (Å²) < 4.78 is 1.70. The van der Waals surface area contributed by atoms with E-state index in [4.69, 9.17) is 5.73 Å². The summed E-state index contributed by atoms with van der Waals surface area (Å²) in [5.74, 6) is -0.476. The third-order valence-electron chi connectivity index (χ3n) is 4.13. The van der Waals surface area contributed by atoms with Crippen molar-refractivity contribution in [1.82, 2.24) is 24.4 Å². The molecule has 0 aliphatic carbocycles. The van der Waals surface area contributed by atoms with Gasteiger partial charge in [-0.1, -0.05) is 0 Å². The van der Waals surface area contributed by atoms with Crippen LogP contribution in [0.4, 0.5) is 0 Å². The highest BCUT2D eigenvalue weighted by Crippen LogP contribution is 2.31. The molecule has 0 unspecified atom stereocenters. The van der Waals surface area contributed by atoms with Crippen LogP contribution in [0.3, 0.4) is 0 Å². The summed E-state index contributed by atoms with van der Waals surface area (Å²) in [6.07, 6.45) is 5.14. The van der Waals surface area contributed by atoms with E-state index < -0.39 is 0 Å². The Morgan fingerprint density at radius 1 is 1.43 bits per heavy atom. The summed E-state index contributed by atoms with van der Waals surface area (Å²) in [6.45, 7) is 1.04. The summed E-state index contributed by atoms with van der Waals surface area (Å²) in [6, 6.07) is 1.93. The van der Waals surface area contributed by atoms with Gasteiger partial charge in [0.2, 0.25) is 5.91 Å². The number of hydrogen-bond donors (Lipinski definition) is 1. The molecule has 0 spiro atoms. The minimum atomic E-state index is -0.342. The lowest BCUT2D eigenvalue weighted by molar-refractivity contribution is -0.119. The van der Waals surface area contributed by atoms with Crippen LogP contribution >= 0.6 is 0 Å². The number of nitrogens with zero attached hydrogens (tertiary/aromatic N) is 5. The van der Waals surface area contributed by atoms with Gasteiger partial charge in [0.15, 0.2) is 5.65 Å². The number of rotatable bonds is 4. The van der Waals surface area contributed by atoms with Crippen LogP contribution in [0, 0.1) is 0 Å². The molecule has 0 bridgehead atoms. The first-order chi connectivity index (χ1) is 11.0. The molecule has 8 nitrogen and oxygen atoms in total. The SMILES string of the molecule is CN(C)C(=O)c1cnn2c([C@H]3CCCN3CC(N)=O)ccnc12. The highest BCUT2D eigenvalue weighted by molar-refractivity contribution is 5.99. The highest BCUT2D eigenvalue weighted by atomic mass is 16.2. The Bertz CT molecular complexity index is 754. The van der Waals surface area contributed by atoms with Gasteiger partial charge in [-0.15, -0.1) is 0 Å². The molecule has 0 radical (unpaired) electrons. The second-order valence-electron chi connectivity index (χ2n) is 5.96. The minimum absolute atomic E-state index is 0.0511. The van der Waals surface area contributed by atoms with Gasteiger partial charge < -0.3 is 10.6 Å². The Hall–Kier alpha value is -2.48. The predicted molar refractivity (Wildman–Crippen MR) is 83.7 cm³/mol. The minimum Gasteiger partial charge on any atom is -0.369 e. The summed E-state index contributed by atoms with van der Waals surface area (Å²) >= 11 is 0. The Balaban J connectivity index is 2.02. The van der Waals surface area contributed by atoms with Crippen molar-refractivity contribution in [2.24, 2.45) is 5.73 Å². The van der Waals surface area contributed by atoms with Crippen LogP contribution in [0.5, 0.6) is 0 Å². The predicted octanol–water partition coefficient (Wildman–Crippen LogP) is 0.0533. The highest BCUT2D eigenvalue weighted by Gasteiger charge is 2.30. The lowest BCUT2D eigenvalue weighted by Gasteiger charge is -2.23. The van der Waals surface area contributed by atoms with E-state index in [1.165, 1.54) is 4.90 Å². The van der Waals surface area contributed by atoms with Crippen LogP contribution in [-0.2, 0) is 4.79 Å². The van der Waals surface area contributed by atoms with Gasteiger partial charge in [-0.05, 0) is 25.5 Å². The van der Waals surface area contributed by atoms with Crippen LogP contribution in [0.2, 0.25) is 0 Å². The molecule has 122 valence electrons. The van der Waals surface area contributed by atoms with Crippen LogP contribution in [-0.4, -0.2) is 63.4 Å². The number of aromatic nitrogens is 3. The monoisotopic (exact) mass is 316 g/mol. The van der Waals surface area contributed by atoms with Crippen LogP contribution in [0.25, 0.3) is 5.65 Å². The first kappa shape index (κ1) is 15.4. The molecule has 3 rings (SSSR count). The fourth-order valence-corrected chi connectivity index (χ4v) is 3.10. The molecule has 3 heterocycles. The molecule has 0 saturated carbocycles. The van der Waals surface area contributed by atoms with Crippen LogP contribution in [0.1, 0.15) is 34.9 Å². The van der Waals surface area contributed by atoms with Crippen molar-refractivity contribution in [2.75, 3.05) is 27.2 Å². The van der Waals surface area contributed by atoms with Gasteiger partial charge in [-0.25, -0.2) is 9.50 Å². The maximum absolute atomic E-state index is 12.2. The molecule has 23 heavy (non-hydrogen) atoms. The van der Waals surface area contributed by atoms with E-state index in [1.807, 2.05) is 11.0 Å². The van der Waals surface area contributed by atoms with Crippen molar-refractivity contribution in [3.8, 4) is 0 Å². The second-order valence-corrected chi connectivity index (χ2v) is 5.96. The zero-order valence-electron chi connectivity index (χ0n) is 13.3. The van der Waals surface area contributed by atoms with Crippen LogP contribution in [0.15, 0.2) is 18.5 Å². The van der Waals surface area contributed by atoms with E-state index in [9.17, 15) is 9.59 Å². The lowest BCUT2D eigenvalue weighted by Crippen LogP contribution is -2.34. The third-order valence-corrected chi connectivity index (χ3v) is 4.13. The number of fused-ring (bicyclic) bond motifs is 1. The number of primary amides is 1. The summed E-state index contributed by atoms with van der Waals surface area (Å²) in [5, 5.41) is 4.34. The largest absolute Gasteiger partial charge is 0.369 e. The quantitative estimate of drug-likeness (QED) is 0.860. The van der Waals surface area contributed by atoms with Gasteiger partial charge >= 0.3 is 0 Å². The van der Waals surface area contributed by atoms with Crippen molar-refractivity contribution in [3.63, 3.8) is 0 Å². The van der Waals surface area contributed by atoms with Crippen molar-refractivity contribution < 1.29 is 9.59 Å². The van der Waals surface area contributed by atoms with Crippen LogP contribution < -0.4 is 5.73 Å². The van der Waals surface area contributed by atoms with Gasteiger partial charge in [0.05, 0.1) is 24.5 Å². The number of amides is 2.